The van der Waals surface area contributed by atoms with E-state index in [1.54, 1.807) is 0 Å². The Balaban J connectivity index is 1.73. The molecule has 2 fully saturated rings. The second-order valence-electron chi connectivity index (χ2n) is 5.68. The van der Waals surface area contributed by atoms with Gasteiger partial charge in [0.25, 0.3) is 5.95 Å². The molecule has 0 saturated carbocycles. The second kappa shape index (κ2) is 4.51. The van der Waals surface area contributed by atoms with Crippen molar-refractivity contribution in [3.63, 3.8) is 0 Å². The maximum absolute atomic E-state index is 5.48. The Morgan fingerprint density at radius 3 is 2.72 bits per heavy atom. The van der Waals surface area contributed by atoms with Crippen LogP contribution in [0.2, 0.25) is 0 Å². The zero-order chi connectivity index (χ0) is 12.6. The van der Waals surface area contributed by atoms with E-state index >= 15 is 0 Å². The zero-order valence-electron chi connectivity index (χ0n) is 11.1. The lowest BCUT2D eigenvalue weighted by Gasteiger charge is -2.31. The maximum atomic E-state index is 5.48. The van der Waals surface area contributed by atoms with Crippen LogP contribution < -0.4 is 10.2 Å². The molecule has 0 spiro atoms. The van der Waals surface area contributed by atoms with E-state index in [1.807, 2.05) is 0 Å². The highest BCUT2D eigenvalue weighted by Crippen LogP contribution is 2.29. The van der Waals surface area contributed by atoms with Gasteiger partial charge in [0.15, 0.2) is 0 Å². The van der Waals surface area contributed by atoms with Gasteiger partial charge < -0.3 is 19.6 Å². The summed E-state index contributed by atoms with van der Waals surface area (Å²) in [5, 5.41) is 7.51. The third-order valence-electron chi connectivity index (χ3n) is 4.09. The Bertz CT molecular complexity index is 404. The van der Waals surface area contributed by atoms with Crippen LogP contribution in [0, 0.1) is 0 Å². The highest BCUT2D eigenvalue weighted by molar-refractivity contribution is 5.30. The zero-order valence-corrected chi connectivity index (χ0v) is 11.1. The van der Waals surface area contributed by atoms with Gasteiger partial charge in [-0.2, -0.15) is 4.98 Å². The largest absolute Gasteiger partial charge is 0.337 e. The Morgan fingerprint density at radius 1 is 1.28 bits per heavy atom. The molecule has 0 aromatic carbocycles. The van der Waals surface area contributed by atoms with Crippen molar-refractivity contribution in [2.45, 2.75) is 18.8 Å². The predicted octanol–water partition coefficient (Wildman–Crippen LogP) is 0.0724. The standard InChI is InChI=1S/C12H21N5O/c1-12(3-4-13-9-12)10-14-11(15-18-10)17-7-5-16(2)6-8-17/h13H,3-9H2,1-2H3. The highest BCUT2D eigenvalue weighted by Gasteiger charge is 2.36. The summed E-state index contributed by atoms with van der Waals surface area (Å²) in [6.45, 7) is 8.22. The van der Waals surface area contributed by atoms with Crippen molar-refractivity contribution in [1.29, 1.82) is 0 Å². The quantitative estimate of drug-likeness (QED) is 0.803. The second-order valence-corrected chi connectivity index (χ2v) is 5.68. The molecule has 3 rings (SSSR count). The van der Waals surface area contributed by atoms with Gasteiger partial charge in [-0.05, 0) is 32.1 Å². The SMILES string of the molecule is CN1CCN(c2noc(C3(C)CCNC3)n2)CC1. The molecule has 0 amide bonds. The molecule has 100 valence electrons. The Hall–Kier alpha value is -1.14. The summed E-state index contributed by atoms with van der Waals surface area (Å²) in [7, 11) is 2.14. The average molecular weight is 251 g/mol. The van der Waals surface area contributed by atoms with Gasteiger partial charge in [0.05, 0.1) is 5.41 Å². The summed E-state index contributed by atoms with van der Waals surface area (Å²) in [5.74, 6) is 1.53. The summed E-state index contributed by atoms with van der Waals surface area (Å²) < 4.78 is 5.48. The monoisotopic (exact) mass is 251 g/mol. The van der Waals surface area contributed by atoms with Crippen LogP contribution in [0.3, 0.4) is 0 Å². The molecule has 1 aromatic rings. The smallest absolute Gasteiger partial charge is 0.266 e. The van der Waals surface area contributed by atoms with E-state index in [-0.39, 0.29) is 5.41 Å². The first-order valence-electron chi connectivity index (χ1n) is 6.66. The summed E-state index contributed by atoms with van der Waals surface area (Å²) in [6, 6.07) is 0. The van der Waals surface area contributed by atoms with E-state index in [4.69, 9.17) is 4.52 Å². The number of likely N-dealkylation sites (N-methyl/N-ethyl adjacent to an activating group) is 1. The number of rotatable bonds is 2. The molecular formula is C12H21N5O. The van der Waals surface area contributed by atoms with E-state index in [2.05, 4.69) is 39.2 Å². The molecule has 0 radical (unpaired) electrons. The normalized spacial score (nSPS) is 30.0. The number of nitrogens with zero attached hydrogens (tertiary/aromatic N) is 4. The minimum Gasteiger partial charge on any atom is -0.337 e. The Kier molecular flexibility index (Phi) is 2.99. The molecule has 1 unspecified atom stereocenters. The number of hydrogen-bond acceptors (Lipinski definition) is 6. The minimum atomic E-state index is 0.0117. The van der Waals surface area contributed by atoms with Crippen LogP contribution >= 0.6 is 0 Å². The fourth-order valence-corrected chi connectivity index (χ4v) is 2.60. The van der Waals surface area contributed by atoms with Crippen molar-refractivity contribution in [2.24, 2.45) is 0 Å². The number of nitrogens with one attached hydrogen (secondary N) is 1. The van der Waals surface area contributed by atoms with Gasteiger partial charge in [-0.25, -0.2) is 0 Å². The topological polar surface area (TPSA) is 57.4 Å². The van der Waals surface area contributed by atoms with Crippen molar-refractivity contribution in [1.82, 2.24) is 20.4 Å². The lowest BCUT2D eigenvalue weighted by molar-refractivity contribution is 0.299. The first-order chi connectivity index (χ1) is 8.67. The van der Waals surface area contributed by atoms with Crippen LogP contribution in [0.1, 0.15) is 19.2 Å². The van der Waals surface area contributed by atoms with E-state index in [9.17, 15) is 0 Å². The van der Waals surface area contributed by atoms with Crippen LogP contribution in [0.25, 0.3) is 0 Å². The fourth-order valence-electron chi connectivity index (χ4n) is 2.60. The van der Waals surface area contributed by atoms with Crippen LogP contribution in [0.5, 0.6) is 0 Å². The van der Waals surface area contributed by atoms with Crippen molar-refractivity contribution in [3.8, 4) is 0 Å². The lowest BCUT2D eigenvalue weighted by Crippen LogP contribution is -2.45. The van der Waals surface area contributed by atoms with Crippen LogP contribution in [-0.4, -0.2) is 61.4 Å². The highest BCUT2D eigenvalue weighted by atomic mass is 16.5. The Labute approximate surface area is 107 Å². The van der Waals surface area contributed by atoms with E-state index in [0.717, 1.165) is 57.5 Å². The molecule has 1 aromatic heterocycles. The third-order valence-corrected chi connectivity index (χ3v) is 4.09. The molecule has 6 nitrogen and oxygen atoms in total. The van der Waals surface area contributed by atoms with Crippen molar-refractivity contribution >= 4 is 5.95 Å². The van der Waals surface area contributed by atoms with Gasteiger partial charge in [0, 0.05) is 32.7 Å². The molecule has 1 N–H and O–H groups in total. The molecule has 6 heteroatoms. The first kappa shape index (κ1) is 11.9. The Morgan fingerprint density at radius 2 is 2.06 bits per heavy atom. The third kappa shape index (κ3) is 2.10. The molecule has 0 bridgehead atoms. The molecule has 2 aliphatic heterocycles. The number of anilines is 1. The van der Waals surface area contributed by atoms with Crippen molar-refractivity contribution in [3.05, 3.63) is 5.89 Å². The van der Waals surface area contributed by atoms with Crippen LogP contribution in [-0.2, 0) is 5.41 Å². The first-order valence-corrected chi connectivity index (χ1v) is 6.66. The molecule has 3 heterocycles. The molecule has 0 aliphatic carbocycles. The van der Waals surface area contributed by atoms with Gasteiger partial charge in [0.1, 0.15) is 0 Å². The van der Waals surface area contributed by atoms with Crippen LogP contribution in [0.15, 0.2) is 4.52 Å². The van der Waals surface area contributed by atoms with E-state index in [0.29, 0.717) is 0 Å². The molecule has 1 atom stereocenters. The fraction of sp³-hybridized carbons (Fsp3) is 0.833. The van der Waals surface area contributed by atoms with Gasteiger partial charge >= 0.3 is 0 Å². The maximum Gasteiger partial charge on any atom is 0.266 e. The van der Waals surface area contributed by atoms with Gasteiger partial charge in [-0.1, -0.05) is 0 Å². The number of hydrogen-bond donors (Lipinski definition) is 1. The van der Waals surface area contributed by atoms with Gasteiger partial charge in [0.2, 0.25) is 5.89 Å². The van der Waals surface area contributed by atoms with Crippen molar-refractivity contribution < 1.29 is 4.52 Å². The van der Waals surface area contributed by atoms with E-state index in [1.165, 1.54) is 0 Å². The number of piperazine rings is 1. The minimum absolute atomic E-state index is 0.0117. The molecule has 2 saturated heterocycles. The van der Waals surface area contributed by atoms with Crippen LogP contribution in [0.4, 0.5) is 5.95 Å². The molecule has 18 heavy (non-hydrogen) atoms. The van der Waals surface area contributed by atoms with Crippen molar-refractivity contribution in [2.75, 3.05) is 51.2 Å². The summed E-state index contributed by atoms with van der Waals surface area (Å²) in [6.07, 6.45) is 1.07. The van der Waals surface area contributed by atoms with Gasteiger partial charge in [-0.3, -0.25) is 0 Å². The molecular weight excluding hydrogens is 230 g/mol. The van der Waals surface area contributed by atoms with Gasteiger partial charge in [-0.15, -0.1) is 0 Å². The summed E-state index contributed by atoms with van der Waals surface area (Å²) >= 11 is 0. The molecule has 2 aliphatic rings. The van der Waals surface area contributed by atoms with E-state index < -0.39 is 0 Å². The predicted molar refractivity (Wildman–Crippen MR) is 68.8 cm³/mol. The summed E-state index contributed by atoms with van der Waals surface area (Å²) in [4.78, 5) is 9.13. The average Bonchev–Trinajstić information content (AvgIpc) is 2.99. The number of aromatic nitrogens is 2. The summed E-state index contributed by atoms with van der Waals surface area (Å²) in [5.41, 5.74) is 0.0117. The lowest BCUT2D eigenvalue weighted by atomic mass is 9.90.